The van der Waals surface area contributed by atoms with Crippen LogP contribution in [0.2, 0.25) is 0 Å². The molecule has 1 amide bonds. The molecule has 2 N–H and O–H groups in total. The number of hydrogen-bond donors (Lipinski definition) is 2. The molecule has 3 rings (SSSR count). The fourth-order valence-corrected chi connectivity index (χ4v) is 3.69. The van der Waals surface area contributed by atoms with Gasteiger partial charge in [0, 0.05) is 29.9 Å². The zero-order valence-electron chi connectivity index (χ0n) is 12.6. The maximum absolute atomic E-state index is 12.2. The summed E-state index contributed by atoms with van der Waals surface area (Å²) in [5.41, 5.74) is 0.388. The summed E-state index contributed by atoms with van der Waals surface area (Å²) < 4.78 is 0. The highest BCUT2D eigenvalue weighted by Gasteiger charge is 2.24. The summed E-state index contributed by atoms with van der Waals surface area (Å²) in [5.74, 6) is -0.184. The van der Waals surface area contributed by atoms with Gasteiger partial charge in [-0.1, -0.05) is 11.8 Å². The summed E-state index contributed by atoms with van der Waals surface area (Å²) in [5, 5.41) is 13.7. The molecule has 0 unspecified atom stereocenters. The number of rotatable bonds is 4. The standard InChI is InChI=1S/C16H18N4O2S/c21-13-8-11(9-17-10-13)15(22)20-12-2-4-14(5-3-12)23-16-18-6-1-7-19-16/h1,6-10,12,14,21H,2-5H2,(H,20,22). The number of aromatic hydroxyl groups is 1. The SMILES string of the molecule is O=C(NC1CCC(Sc2ncccn2)CC1)c1cncc(O)c1. The summed E-state index contributed by atoms with van der Waals surface area (Å²) in [4.78, 5) is 24.5. The molecule has 0 aromatic carbocycles. The second kappa shape index (κ2) is 7.41. The number of nitrogens with one attached hydrogen (secondary N) is 1. The molecule has 120 valence electrons. The molecule has 0 aliphatic heterocycles. The van der Waals surface area contributed by atoms with Gasteiger partial charge in [0.1, 0.15) is 5.75 Å². The molecular formula is C16H18N4O2S. The zero-order chi connectivity index (χ0) is 16.1. The number of thioether (sulfide) groups is 1. The van der Waals surface area contributed by atoms with Crippen molar-refractivity contribution in [2.24, 2.45) is 0 Å². The van der Waals surface area contributed by atoms with Crippen LogP contribution < -0.4 is 5.32 Å². The van der Waals surface area contributed by atoms with Crippen LogP contribution in [0.4, 0.5) is 0 Å². The van der Waals surface area contributed by atoms with Crippen LogP contribution in [0, 0.1) is 0 Å². The van der Waals surface area contributed by atoms with E-state index < -0.39 is 0 Å². The van der Waals surface area contributed by atoms with Gasteiger partial charge in [-0.15, -0.1) is 0 Å². The molecule has 1 fully saturated rings. The smallest absolute Gasteiger partial charge is 0.253 e. The number of pyridine rings is 1. The average molecular weight is 330 g/mol. The monoisotopic (exact) mass is 330 g/mol. The van der Waals surface area contributed by atoms with Gasteiger partial charge in [-0.2, -0.15) is 0 Å². The topological polar surface area (TPSA) is 88.0 Å². The Hall–Kier alpha value is -2.15. The lowest BCUT2D eigenvalue weighted by atomic mass is 9.95. The molecule has 6 nitrogen and oxygen atoms in total. The third kappa shape index (κ3) is 4.41. The third-order valence-electron chi connectivity index (χ3n) is 3.81. The molecule has 2 heterocycles. The van der Waals surface area contributed by atoms with Crippen LogP contribution in [0.5, 0.6) is 5.75 Å². The first kappa shape index (κ1) is 15.7. The minimum Gasteiger partial charge on any atom is -0.506 e. The normalized spacial score (nSPS) is 20.9. The van der Waals surface area contributed by atoms with E-state index in [4.69, 9.17) is 0 Å². The Balaban J connectivity index is 1.48. The van der Waals surface area contributed by atoms with E-state index in [-0.39, 0.29) is 17.7 Å². The molecule has 2 aromatic heterocycles. The Bertz CT molecular complexity index is 660. The van der Waals surface area contributed by atoms with Crippen molar-refractivity contribution in [3.05, 3.63) is 42.5 Å². The van der Waals surface area contributed by atoms with Gasteiger partial charge in [0.15, 0.2) is 5.16 Å². The van der Waals surface area contributed by atoms with Crippen molar-refractivity contribution in [1.82, 2.24) is 20.3 Å². The van der Waals surface area contributed by atoms with E-state index in [1.807, 2.05) is 6.07 Å². The Morgan fingerprint density at radius 1 is 1.17 bits per heavy atom. The van der Waals surface area contributed by atoms with E-state index in [1.165, 1.54) is 18.5 Å². The van der Waals surface area contributed by atoms with Gasteiger partial charge >= 0.3 is 0 Å². The van der Waals surface area contributed by atoms with Crippen molar-refractivity contribution in [1.29, 1.82) is 0 Å². The Kier molecular flexibility index (Phi) is 5.07. The number of carbonyl (C=O) groups excluding carboxylic acids is 1. The number of hydrogen-bond acceptors (Lipinski definition) is 6. The fourth-order valence-electron chi connectivity index (χ4n) is 2.64. The highest BCUT2D eigenvalue weighted by Crippen LogP contribution is 2.31. The molecule has 0 bridgehead atoms. The number of carbonyl (C=O) groups is 1. The predicted molar refractivity (Wildman–Crippen MR) is 87.3 cm³/mol. The first-order valence-electron chi connectivity index (χ1n) is 7.59. The van der Waals surface area contributed by atoms with E-state index in [0.29, 0.717) is 10.8 Å². The van der Waals surface area contributed by atoms with Crippen molar-refractivity contribution >= 4 is 17.7 Å². The molecular weight excluding hydrogens is 312 g/mol. The molecule has 1 aliphatic rings. The van der Waals surface area contributed by atoms with Crippen LogP contribution in [0.15, 0.2) is 42.1 Å². The lowest BCUT2D eigenvalue weighted by Gasteiger charge is -2.28. The first-order chi connectivity index (χ1) is 11.2. The Labute approximate surface area is 138 Å². The van der Waals surface area contributed by atoms with Crippen molar-refractivity contribution in [2.75, 3.05) is 0 Å². The lowest BCUT2D eigenvalue weighted by Crippen LogP contribution is -2.38. The average Bonchev–Trinajstić information content (AvgIpc) is 2.57. The van der Waals surface area contributed by atoms with Gasteiger partial charge in [0.2, 0.25) is 0 Å². The summed E-state index contributed by atoms with van der Waals surface area (Å²) in [6, 6.07) is 3.40. The molecule has 2 aromatic rings. The van der Waals surface area contributed by atoms with E-state index in [2.05, 4.69) is 20.3 Å². The van der Waals surface area contributed by atoms with E-state index in [1.54, 1.807) is 24.2 Å². The molecule has 7 heteroatoms. The summed E-state index contributed by atoms with van der Waals surface area (Å²) >= 11 is 1.71. The van der Waals surface area contributed by atoms with E-state index >= 15 is 0 Å². The van der Waals surface area contributed by atoms with Crippen molar-refractivity contribution < 1.29 is 9.90 Å². The molecule has 23 heavy (non-hydrogen) atoms. The minimum atomic E-state index is -0.184. The highest BCUT2D eigenvalue weighted by molar-refractivity contribution is 7.99. The van der Waals surface area contributed by atoms with Crippen LogP contribution in [-0.4, -0.2) is 37.3 Å². The molecule has 0 radical (unpaired) electrons. The van der Waals surface area contributed by atoms with Crippen LogP contribution in [-0.2, 0) is 0 Å². The summed E-state index contributed by atoms with van der Waals surface area (Å²) in [6.07, 6.45) is 10.2. The van der Waals surface area contributed by atoms with Gasteiger partial charge in [-0.25, -0.2) is 9.97 Å². The zero-order valence-corrected chi connectivity index (χ0v) is 13.4. The van der Waals surface area contributed by atoms with Gasteiger partial charge in [-0.3, -0.25) is 9.78 Å². The summed E-state index contributed by atoms with van der Waals surface area (Å²) in [7, 11) is 0. The Morgan fingerprint density at radius 3 is 2.61 bits per heavy atom. The number of nitrogens with zero attached hydrogens (tertiary/aromatic N) is 3. The first-order valence-corrected chi connectivity index (χ1v) is 8.47. The third-order valence-corrected chi connectivity index (χ3v) is 5.04. The number of aromatic nitrogens is 3. The maximum atomic E-state index is 12.2. The lowest BCUT2D eigenvalue weighted by molar-refractivity contribution is 0.0927. The minimum absolute atomic E-state index is 0.000573. The maximum Gasteiger partial charge on any atom is 0.253 e. The van der Waals surface area contributed by atoms with Crippen LogP contribution in [0.1, 0.15) is 36.0 Å². The fraction of sp³-hybridized carbons (Fsp3) is 0.375. The highest BCUT2D eigenvalue weighted by atomic mass is 32.2. The quantitative estimate of drug-likeness (QED) is 0.837. The molecule has 1 saturated carbocycles. The van der Waals surface area contributed by atoms with Crippen LogP contribution >= 0.6 is 11.8 Å². The van der Waals surface area contributed by atoms with Crippen molar-refractivity contribution in [3.8, 4) is 5.75 Å². The molecule has 1 aliphatic carbocycles. The van der Waals surface area contributed by atoms with Crippen LogP contribution in [0.3, 0.4) is 0 Å². The Morgan fingerprint density at radius 2 is 1.91 bits per heavy atom. The molecule has 0 spiro atoms. The second-order valence-corrected chi connectivity index (χ2v) is 6.80. The van der Waals surface area contributed by atoms with Gasteiger partial charge < -0.3 is 10.4 Å². The molecule has 0 saturated heterocycles. The van der Waals surface area contributed by atoms with Gasteiger partial charge in [0.05, 0.1) is 11.8 Å². The van der Waals surface area contributed by atoms with E-state index in [0.717, 1.165) is 30.8 Å². The molecule has 0 atom stereocenters. The van der Waals surface area contributed by atoms with Gasteiger partial charge in [0.25, 0.3) is 5.91 Å². The van der Waals surface area contributed by atoms with E-state index in [9.17, 15) is 9.90 Å². The van der Waals surface area contributed by atoms with Crippen molar-refractivity contribution in [2.45, 2.75) is 42.1 Å². The largest absolute Gasteiger partial charge is 0.506 e. The van der Waals surface area contributed by atoms with Crippen molar-refractivity contribution in [3.63, 3.8) is 0 Å². The summed E-state index contributed by atoms with van der Waals surface area (Å²) in [6.45, 7) is 0. The number of amides is 1. The van der Waals surface area contributed by atoms with Gasteiger partial charge in [-0.05, 0) is 37.8 Å². The van der Waals surface area contributed by atoms with Crippen LogP contribution in [0.25, 0.3) is 0 Å². The second-order valence-electron chi connectivity index (χ2n) is 5.53. The predicted octanol–water partition coefficient (Wildman–Crippen LogP) is 2.41.